The Balaban J connectivity index is 2.20. The molecule has 0 spiro atoms. The molecule has 2 N–H and O–H groups in total. The van der Waals surface area contributed by atoms with Gasteiger partial charge in [0.1, 0.15) is 6.04 Å². The molecule has 0 aromatic carbocycles. The van der Waals surface area contributed by atoms with Crippen LogP contribution in [0.1, 0.15) is 26.2 Å². The molecule has 1 aliphatic rings. The van der Waals surface area contributed by atoms with Gasteiger partial charge in [-0.1, -0.05) is 21.6 Å². The molecule has 0 heterocycles. The molecule has 0 aromatic rings. The molecule has 128 valence electrons. The number of rotatable bonds is 9. The minimum absolute atomic E-state index is 0.00655. The maximum Gasteiger partial charge on any atom is 0.327 e. The number of carboxylic acid groups (broad SMARTS) is 1. The molecule has 1 unspecified atom stereocenters. The van der Waals surface area contributed by atoms with Crippen molar-refractivity contribution in [3.05, 3.63) is 0 Å². The van der Waals surface area contributed by atoms with Gasteiger partial charge in [0.15, 0.2) is 11.6 Å². The zero-order chi connectivity index (χ0) is 17.4. The van der Waals surface area contributed by atoms with Crippen LogP contribution in [0.3, 0.4) is 0 Å². The third-order valence-corrected chi connectivity index (χ3v) is 5.25. The van der Waals surface area contributed by atoms with Gasteiger partial charge < -0.3 is 15.2 Å². The Hall–Kier alpha value is -1.55. The van der Waals surface area contributed by atoms with Crippen LogP contribution < -0.4 is 5.32 Å². The lowest BCUT2D eigenvalue weighted by molar-refractivity contribution is -0.157. The Morgan fingerprint density at radius 1 is 1.26 bits per heavy atom. The van der Waals surface area contributed by atoms with Gasteiger partial charge in [0.25, 0.3) is 0 Å². The average Bonchev–Trinajstić information content (AvgIpc) is 2.77. The lowest BCUT2D eigenvalue weighted by Gasteiger charge is -2.12. The summed E-state index contributed by atoms with van der Waals surface area (Å²) < 4.78 is 4.84. The number of carbonyl (C=O) groups is 5. The first-order valence-electron chi connectivity index (χ1n) is 6.80. The van der Waals surface area contributed by atoms with Crippen LogP contribution in [0.5, 0.6) is 0 Å². The molecular formula is C13H17NO7S2. The third kappa shape index (κ3) is 7.04. The SMILES string of the molecule is CC(=O)NC(CSSCCC(=O)OC1C(=O)CCC1=O)C(=O)O. The Bertz CT molecular complexity index is 493. The maximum atomic E-state index is 11.5. The molecule has 0 bridgehead atoms. The zero-order valence-corrected chi connectivity index (χ0v) is 14.0. The van der Waals surface area contributed by atoms with Gasteiger partial charge in [-0.05, 0) is 0 Å². The largest absolute Gasteiger partial charge is 0.480 e. The van der Waals surface area contributed by atoms with Crippen molar-refractivity contribution in [3.63, 3.8) is 0 Å². The van der Waals surface area contributed by atoms with Crippen molar-refractivity contribution in [1.29, 1.82) is 0 Å². The molecule has 23 heavy (non-hydrogen) atoms. The van der Waals surface area contributed by atoms with E-state index in [1.165, 1.54) is 28.5 Å². The number of esters is 1. The molecule has 0 aromatic heterocycles. The van der Waals surface area contributed by atoms with Crippen LogP contribution in [0, 0.1) is 0 Å². The van der Waals surface area contributed by atoms with E-state index in [4.69, 9.17) is 9.84 Å². The molecule has 1 atom stereocenters. The second kappa shape index (κ2) is 9.56. The number of Topliss-reactive ketones (excluding diaryl/α,β-unsaturated/α-hetero) is 2. The number of hydrogen-bond acceptors (Lipinski definition) is 8. The molecule has 1 fully saturated rings. The predicted octanol–water partition coefficient (Wildman–Crippen LogP) is 0.191. The second-order valence-electron chi connectivity index (χ2n) is 4.75. The van der Waals surface area contributed by atoms with Gasteiger partial charge in [-0.15, -0.1) is 0 Å². The first kappa shape index (κ1) is 19.5. The average molecular weight is 363 g/mol. The van der Waals surface area contributed by atoms with Crippen molar-refractivity contribution in [2.45, 2.75) is 38.3 Å². The van der Waals surface area contributed by atoms with E-state index in [1.807, 2.05) is 0 Å². The van der Waals surface area contributed by atoms with Crippen molar-refractivity contribution >= 4 is 51.0 Å². The summed E-state index contributed by atoms with van der Waals surface area (Å²) in [5.74, 6) is -2.46. The van der Waals surface area contributed by atoms with E-state index in [-0.39, 0.29) is 36.6 Å². The number of amides is 1. The summed E-state index contributed by atoms with van der Waals surface area (Å²) in [4.78, 5) is 55.9. The fourth-order valence-corrected chi connectivity index (χ4v) is 3.86. The summed E-state index contributed by atoms with van der Waals surface area (Å²) >= 11 is 0. The number of hydrogen-bond donors (Lipinski definition) is 2. The molecule has 0 aliphatic heterocycles. The zero-order valence-electron chi connectivity index (χ0n) is 12.4. The topological polar surface area (TPSA) is 127 Å². The summed E-state index contributed by atoms with van der Waals surface area (Å²) in [6, 6.07) is -0.995. The minimum atomic E-state index is -1.25. The van der Waals surface area contributed by atoms with Gasteiger partial charge in [0.05, 0.1) is 6.42 Å². The number of carbonyl (C=O) groups excluding carboxylic acids is 4. The van der Waals surface area contributed by atoms with E-state index in [1.54, 1.807) is 0 Å². The van der Waals surface area contributed by atoms with Crippen LogP contribution in [-0.2, 0) is 28.7 Å². The van der Waals surface area contributed by atoms with Crippen LogP contribution >= 0.6 is 21.6 Å². The highest BCUT2D eigenvalue weighted by molar-refractivity contribution is 8.76. The lowest BCUT2D eigenvalue weighted by atomic mass is 10.3. The van der Waals surface area contributed by atoms with Crippen molar-refractivity contribution < 1.29 is 33.8 Å². The highest BCUT2D eigenvalue weighted by atomic mass is 33.1. The van der Waals surface area contributed by atoms with E-state index in [9.17, 15) is 24.0 Å². The summed E-state index contributed by atoms with van der Waals surface area (Å²) in [6.07, 6.45) is -1.02. The summed E-state index contributed by atoms with van der Waals surface area (Å²) in [5, 5.41) is 11.2. The van der Waals surface area contributed by atoms with Gasteiger partial charge in [-0.2, -0.15) is 0 Å². The Kier molecular flexibility index (Phi) is 8.10. The van der Waals surface area contributed by atoms with Crippen LogP contribution in [-0.4, -0.2) is 58.2 Å². The first-order chi connectivity index (χ1) is 10.8. The molecule has 0 radical (unpaired) electrons. The van der Waals surface area contributed by atoms with Crippen LogP contribution in [0.2, 0.25) is 0 Å². The normalized spacial score (nSPS) is 16.2. The van der Waals surface area contributed by atoms with E-state index < -0.39 is 30.0 Å². The van der Waals surface area contributed by atoms with Crippen LogP contribution in [0.15, 0.2) is 0 Å². The Morgan fingerprint density at radius 2 is 1.87 bits per heavy atom. The minimum Gasteiger partial charge on any atom is -0.480 e. The predicted molar refractivity (Wildman–Crippen MR) is 83.9 cm³/mol. The number of nitrogens with one attached hydrogen (secondary N) is 1. The summed E-state index contributed by atoms with van der Waals surface area (Å²) in [6.45, 7) is 1.23. The van der Waals surface area contributed by atoms with Gasteiger partial charge in [-0.3, -0.25) is 19.2 Å². The van der Waals surface area contributed by atoms with E-state index in [2.05, 4.69) is 5.32 Å². The van der Waals surface area contributed by atoms with Gasteiger partial charge in [0, 0.05) is 31.3 Å². The van der Waals surface area contributed by atoms with Crippen molar-refractivity contribution in [2.24, 2.45) is 0 Å². The van der Waals surface area contributed by atoms with Gasteiger partial charge in [0.2, 0.25) is 12.0 Å². The van der Waals surface area contributed by atoms with Gasteiger partial charge in [-0.25, -0.2) is 4.79 Å². The Labute approximate surface area is 140 Å². The molecule has 1 saturated carbocycles. The van der Waals surface area contributed by atoms with Crippen molar-refractivity contribution in [3.8, 4) is 0 Å². The summed E-state index contributed by atoms with van der Waals surface area (Å²) in [5.41, 5.74) is 0. The molecule has 10 heteroatoms. The number of aliphatic carboxylic acids is 1. The number of carboxylic acids is 1. The third-order valence-electron chi connectivity index (χ3n) is 2.84. The standard InChI is InChI=1S/C13H17NO7S2/c1-7(15)14-8(13(19)20)6-23-22-5-4-11(18)21-12-9(16)2-3-10(12)17/h8,12H,2-6H2,1H3,(H,14,15)(H,19,20). The summed E-state index contributed by atoms with van der Waals surface area (Å²) in [7, 11) is 2.44. The molecule has 8 nitrogen and oxygen atoms in total. The molecule has 0 saturated heterocycles. The van der Waals surface area contributed by atoms with Crippen LogP contribution in [0.25, 0.3) is 0 Å². The maximum absolute atomic E-state index is 11.5. The Morgan fingerprint density at radius 3 is 2.39 bits per heavy atom. The van der Waals surface area contributed by atoms with Crippen molar-refractivity contribution in [2.75, 3.05) is 11.5 Å². The fourth-order valence-electron chi connectivity index (χ4n) is 1.73. The second-order valence-corrected chi connectivity index (χ2v) is 7.38. The van der Waals surface area contributed by atoms with E-state index in [0.29, 0.717) is 5.75 Å². The van der Waals surface area contributed by atoms with Gasteiger partial charge >= 0.3 is 11.9 Å². The lowest BCUT2D eigenvalue weighted by Crippen LogP contribution is -2.41. The molecule has 1 amide bonds. The number of ether oxygens (including phenoxy) is 1. The fraction of sp³-hybridized carbons (Fsp3) is 0.615. The highest BCUT2D eigenvalue weighted by Crippen LogP contribution is 2.23. The smallest absolute Gasteiger partial charge is 0.327 e. The van der Waals surface area contributed by atoms with E-state index >= 15 is 0 Å². The van der Waals surface area contributed by atoms with Crippen LogP contribution in [0.4, 0.5) is 0 Å². The number of ketones is 2. The highest BCUT2D eigenvalue weighted by Gasteiger charge is 2.35. The van der Waals surface area contributed by atoms with E-state index in [0.717, 1.165) is 0 Å². The first-order valence-corrected chi connectivity index (χ1v) is 9.29. The molecule has 1 aliphatic carbocycles. The molecular weight excluding hydrogens is 346 g/mol. The monoisotopic (exact) mass is 363 g/mol. The quantitative estimate of drug-likeness (QED) is 0.255. The molecule has 1 rings (SSSR count). The van der Waals surface area contributed by atoms with Crippen molar-refractivity contribution in [1.82, 2.24) is 5.32 Å².